The van der Waals surface area contributed by atoms with E-state index in [-0.39, 0.29) is 0 Å². The molecule has 0 unspecified atom stereocenters. The number of pyridine rings is 1. The van der Waals surface area contributed by atoms with E-state index in [4.69, 9.17) is 5.73 Å². The second-order valence-corrected chi connectivity index (χ2v) is 7.47. The van der Waals surface area contributed by atoms with Crippen molar-refractivity contribution in [2.45, 2.75) is 6.54 Å². The first-order valence-corrected chi connectivity index (χ1v) is 10.1. The van der Waals surface area contributed by atoms with Crippen LogP contribution in [0.15, 0.2) is 41.8 Å². The Bertz CT molecular complexity index is 810. The number of nitrogens with two attached hydrogens (primary N) is 1. The van der Waals surface area contributed by atoms with Gasteiger partial charge >= 0.3 is 0 Å². The molecule has 0 amide bonds. The van der Waals surface area contributed by atoms with Crippen LogP contribution in [-0.4, -0.2) is 90.1 Å². The van der Waals surface area contributed by atoms with Gasteiger partial charge in [-0.25, -0.2) is 19.9 Å². The Morgan fingerprint density at radius 2 is 1.55 bits per heavy atom. The van der Waals surface area contributed by atoms with E-state index >= 15 is 0 Å². The maximum Gasteiger partial charge on any atom is 0.225 e. The second-order valence-electron chi connectivity index (χ2n) is 7.47. The molecule has 2 fully saturated rings. The molecule has 0 bridgehead atoms. The molecule has 2 N–H and O–H groups in total. The summed E-state index contributed by atoms with van der Waals surface area (Å²) in [6.45, 7) is 7.92. The van der Waals surface area contributed by atoms with Crippen molar-refractivity contribution in [3.63, 3.8) is 0 Å². The highest BCUT2D eigenvalue weighted by Gasteiger charge is 2.21. The standard InChI is InChI=1S/C20H29N9/c1-26-8-10-27(11-9-26)18-17(4-2-5-22-18)16-25-19(21)28-12-14-29(15-13-28)20-23-6-3-7-24-20/h2-7H,8-16H2,1H3,(H2,21,25). The van der Waals surface area contributed by atoms with Crippen molar-refractivity contribution in [2.24, 2.45) is 10.7 Å². The van der Waals surface area contributed by atoms with Gasteiger partial charge in [-0.2, -0.15) is 0 Å². The van der Waals surface area contributed by atoms with Gasteiger partial charge in [0.2, 0.25) is 5.95 Å². The summed E-state index contributed by atoms with van der Waals surface area (Å²) in [5, 5.41) is 0. The third-order valence-electron chi connectivity index (χ3n) is 5.52. The minimum absolute atomic E-state index is 0.545. The lowest BCUT2D eigenvalue weighted by Gasteiger charge is -2.35. The predicted octanol–water partition coefficient (Wildman–Crippen LogP) is 0.260. The van der Waals surface area contributed by atoms with Crippen molar-refractivity contribution in [2.75, 3.05) is 69.2 Å². The first kappa shape index (κ1) is 19.4. The Labute approximate surface area is 171 Å². The third-order valence-corrected chi connectivity index (χ3v) is 5.52. The fourth-order valence-electron chi connectivity index (χ4n) is 3.71. The molecule has 2 aliphatic rings. The lowest BCUT2D eigenvalue weighted by atomic mass is 10.2. The molecule has 9 nitrogen and oxygen atoms in total. The monoisotopic (exact) mass is 395 g/mol. The smallest absolute Gasteiger partial charge is 0.225 e. The van der Waals surface area contributed by atoms with Crippen LogP contribution in [0.4, 0.5) is 11.8 Å². The zero-order chi connectivity index (χ0) is 20.1. The van der Waals surface area contributed by atoms with Crippen molar-refractivity contribution in [3.8, 4) is 0 Å². The molecule has 2 saturated heterocycles. The van der Waals surface area contributed by atoms with Crippen molar-refractivity contribution < 1.29 is 0 Å². The quantitative estimate of drug-likeness (QED) is 0.582. The van der Waals surface area contributed by atoms with E-state index in [2.05, 4.69) is 52.7 Å². The van der Waals surface area contributed by atoms with Crippen molar-refractivity contribution in [1.82, 2.24) is 24.8 Å². The summed E-state index contributed by atoms with van der Waals surface area (Å²) >= 11 is 0. The van der Waals surface area contributed by atoms with E-state index in [9.17, 15) is 0 Å². The summed E-state index contributed by atoms with van der Waals surface area (Å²) in [5.74, 6) is 2.39. The van der Waals surface area contributed by atoms with Crippen LogP contribution in [0.3, 0.4) is 0 Å². The SMILES string of the molecule is CN1CCN(c2ncccc2CN=C(N)N2CCN(c3ncccn3)CC2)CC1. The molecule has 2 aliphatic heterocycles. The number of nitrogens with zero attached hydrogens (tertiary/aromatic N) is 8. The molecule has 2 aromatic heterocycles. The van der Waals surface area contributed by atoms with Gasteiger partial charge < -0.3 is 25.3 Å². The Hall–Kier alpha value is -2.94. The summed E-state index contributed by atoms with van der Waals surface area (Å²) in [7, 11) is 2.16. The van der Waals surface area contributed by atoms with Gasteiger partial charge in [-0.3, -0.25) is 0 Å². The van der Waals surface area contributed by atoms with E-state index in [1.807, 2.05) is 18.3 Å². The number of piperazine rings is 2. The average Bonchev–Trinajstić information content (AvgIpc) is 2.79. The van der Waals surface area contributed by atoms with Gasteiger partial charge in [0.15, 0.2) is 5.96 Å². The van der Waals surface area contributed by atoms with E-state index < -0.39 is 0 Å². The van der Waals surface area contributed by atoms with Gasteiger partial charge in [0.05, 0.1) is 6.54 Å². The van der Waals surface area contributed by atoms with E-state index in [1.54, 1.807) is 12.4 Å². The minimum atomic E-state index is 0.545. The molecule has 9 heteroatoms. The number of likely N-dealkylation sites (N-methyl/N-ethyl adjacent to an activating group) is 1. The van der Waals surface area contributed by atoms with Crippen LogP contribution in [0, 0.1) is 0 Å². The van der Waals surface area contributed by atoms with Crippen LogP contribution in [0.5, 0.6) is 0 Å². The first-order chi connectivity index (χ1) is 14.2. The third kappa shape index (κ3) is 4.73. The fourth-order valence-corrected chi connectivity index (χ4v) is 3.71. The predicted molar refractivity (Wildman–Crippen MR) is 115 cm³/mol. The minimum Gasteiger partial charge on any atom is -0.370 e. The number of rotatable bonds is 4. The Kier molecular flexibility index (Phi) is 6.04. The number of hydrogen-bond donors (Lipinski definition) is 1. The molecule has 0 spiro atoms. The van der Waals surface area contributed by atoms with Crippen molar-refractivity contribution >= 4 is 17.7 Å². The van der Waals surface area contributed by atoms with Gasteiger partial charge in [-0.05, 0) is 19.2 Å². The summed E-state index contributed by atoms with van der Waals surface area (Å²) in [6, 6.07) is 5.90. The van der Waals surface area contributed by atoms with Crippen LogP contribution in [0.25, 0.3) is 0 Å². The van der Waals surface area contributed by atoms with Crippen LogP contribution in [0.2, 0.25) is 0 Å². The second kappa shape index (κ2) is 9.04. The van der Waals surface area contributed by atoms with Crippen LogP contribution < -0.4 is 15.5 Å². The maximum absolute atomic E-state index is 6.31. The van der Waals surface area contributed by atoms with Crippen LogP contribution in [0.1, 0.15) is 5.56 Å². The number of guanidine groups is 1. The summed E-state index contributed by atoms with van der Waals surface area (Å²) in [5.41, 5.74) is 7.43. The van der Waals surface area contributed by atoms with Gasteiger partial charge in [0.25, 0.3) is 0 Å². The number of aromatic nitrogens is 3. The Morgan fingerprint density at radius 3 is 2.28 bits per heavy atom. The van der Waals surface area contributed by atoms with Crippen LogP contribution in [-0.2, 0) is 6.54 Å². The van der Waals surface area contributed by atoms with Gasteiger partial charge in [0.1, 0.15) is 5.82 Å². The molecule has 29 heavy (non-hydrogen) atoms. The van der Waals surface area contributed by atoms with Gasteiger partial charge in [-0.15, -0.1) is 0 Å². The van der Waals surface area contributed by atoms with Crippen LogP contribution >= 0.6 is 0 Å². The topological polar surface area (TPSA) is 90.0 Å². The average molecular weight is 396 g/mol. The molecule has 4 heterocycles. The molecule has 0 aromatic carbocycles. The molecule has 2 aromatic rings. The van der Waals surface area contributed by atoms with E-state index in [0.717, 1.165) is 69.7 Å². The number of aliphatic imine (C=N–C) groups is 1. The highest BCUT2D eigenvalue weighted by molar-refractivity contribution is 5.78. The van der Waals surface area contributed by atoms with E-state index in [1.165, 1.54) is 0 Å². The molecule has 154 valence electrons. The zero-order valence-corrected chi connectivity index (χ0v) is 17.0. The maximum atomic E-state index is 6.31. The summed E-state index contributed by atoms with van der Waals surface area (Å²) < 4.78 is 0. The lowest BCUT2D eigenvalue weighted by Crippen LogP contribution is -2.51. The number of hydrogen-bond acceptors (Lipinski definition) is 7. The Morgan fingerprint density at radius 1 is 0.897 bits per heavy atom. The van der Waals surface area contributed by atoms with Crippen molar-refractivity contribution in [1.29, 1.82) is 0 Å². The lowest BCUT2D eigenvalue weighted by molar-refractivity contribution is 0.312. The van der Waals surface area contributed by atoms with Gasteiger partial charge in [0, 0.05) is 76.5 Å². The zero-order valence-electron chi connectivity index (χ0n) is 17.0. The Balaban J connectivity index is 1.36. The summed E-state index contributed by atoms with van der Waals surface area (Å²) in [6.07, 6.45) is 5.40. The highest BCUT2D eigenvalue weighted by atomic mass is 15.4. The largest absolute Gasteiger partial charge is 0.370 e. The highest BCUT2D eigenvalue weighted by Crippen LogP contribution is 2.20. The molecular formula is C20H29N9. The molecule has 4 rings (SSSR count). The fraction of sp³-hybridized carbons (Fsp3) is 0.500. The number of anilines is 2. The normalized spacial score (nSPS) is 18.9. The molecule has 0 saturated carbocycles. The van der Waals surface area contributed by atoms with Crippen molar-refractivity contribution in [3.05, 3.63) is 42.4 Å². The first-order valence-electron chi connectivity index (χ1n) is 10.1. The molecule has 0 atom stereocenters. The van der Waals surface area contributed by atoms with Gasteiger partial charge in [-0.1, -0.05) is 6.07 Å². The van der Waals surface area contributed by atoms with E-state index in [0.29, 0.717) is 12.5 Å². The molecular weight excluding hydrogens is 366 g/mol. The molecule has 0 aliphatic carbocycles. The summed E-state index contributed by atoms with van der Waals surface area (Å²) in [4.78, 5) is 27.0. The molecule has 0 radical (unpaired) electrons.